The van der Waals surface area contributed by atoms with Crippen LogP contribution in [0, 0.1) is 5.41 Å². The molecule has 2 aromatic heterocycles. The van der Waals surface area contributed by atoms with E-state index in [0.717, 1.165) is 49.9 Å². The van der Waals surface area contributed by atoms with Crippen molar-refractivity contribution in [3.05, 3.63) is 33.8 Å². The SMILES string of the molecule is CCC(C)(C)Cn1c(=O)c(C(=O)NC2CC2)c(O)n2ncc(C3=CCN(C)CC3)c12. The minimum absolute atomic E-state index is 0.0881. The number of aromatic hydroxyl groups is 1. The van der Waals surface area contributed by atoms with Crippen molar-refractivity contribution in [1.82, 2.24) is 24.4 Å². The van der Waals surface area contributed by atoms with Gasteiger partial charge in [0.1, 0.15) is 5.65 Å². The average molecular weight is 414 g/mol. The second-order valence-electron chi connectivity index (χ2n) is 9.39. The Morgan fingerprint density at radius 1 is 1.37 bits per heavy atom. The predicted molar refractivity (Wildman–Crippen MR) is 116 cm³/mol. The molecule has 2 aliphatic rings. The summed E-state index contributed by atoms with van der Waals surface area (Å²) in [5.74, 6) is -0.918. The number of rotatable bonds is 6. The second-order valence-corrected chi connectivity index (χ2v) is 9.39. The maximum Gasteiger partial charge on any atom is 0.270 e. The number of aromatic nitrogens is 3. The van der Waals surface area contributed by atoms with Crippen LogP contribution in [0.2, 0.25) is 0 Å². The summed E-state index contributed by atoms with van der Waals surface area (Å²) >= 11 is 0. The molecule has 4 rings (SSSR count). The zero-order valence-corrected chi connectivity index (χ0v) is 18.2. The zero-order valence-electron chi connectivity index (χ0n) is 18.2. The van der Waals surface area contributed by atoms with E-state index in [1.54, 1.807) is 10.8 Å². The predicted octanol–water partition coefficient (Wildman–Crippen LogP) is 2.25. The Labute approximate surface area is 176 Å². The molecule has 30 heavy (non-hydrogen) atoms. The smallest absolute Gasteiger partial charge is 0.270 e. The molecule has 2 N–H and O–H groups in total. The van der Waals surface area contributed by atoms with Gasteiger partial charge in [0.2, 0.25) is 5.88 Å². The van der Waals surface area contributed by atoms with Crippen molar-refractivity contribution in [2.45, 2.75) is 59.0 Å². The first kappa shape index (κ1) is 20.7. The van der Waals surface area contributed by atoms with Gasteiger partial charge in [-0.15, -0.1) is 0 Å². The molecule has 0 aromatic carbocycles. The van der Waals surface area contributed by atoms with Crippen molar-refractivity contribution >= 4 is 17.1 Å². The van der Waals surface area contributed by atoms with Gasteiger partial charge in [0.15, 0.2) is 5.56 Å². The molecule has 1 fully saturated rings. The minimum atomic E-state index is -0.527. The van der Waals surface area contributed by atoms with E-state index in [9.17, 15) is 14.7 Å². The molecule has 1 aliphatic heterocycles. The number of carbonyl (C=O) groups excluding carboxylic acids is 1. The van der Waals surface area contributed by atoms with Crippen LogP contribution in [0.1, 0.15) is 62.4 Å². The maximum atomic E-state index is 13.5. The van der Waals surface area contributed by atoms with Gasteiger partial charge in [-0.25, -0.2) is 0 Å². The average Bonchev–Trinajstić information content (AvgIpc) is 3.40. The number of nitrogens with zero attached hydrogens (tertiary/aromatic N) is 4. The largest absolute Gasteiger partial charge is 0.492 e. The minimum Gasteiger partial charge on any atom is -0.492 e. The van der Waals surface area contributed by atoms with Crippen molar-refractivity contribution in [3.63, 3.8) is 0 Å². The van der Waals surface area contributed by atoms with Crippen LogP contribution in [-0.2, 0) is 6.54 Å². The van der Waals surface area contributed by atoms with E-state index in [4.69, 9.17) is 0 Å². The highest BCUT2D eigenvalue weighted by Gasteiger charge is 2.31. The third kappa shape index (κ3) is 3.76. The molecule has 8 heteroatoms. The monoisotopic (exact) mass is 413 g/mol. The Kier molecular flexibility index (Phi) is 5.22. The molecular formula is C22H31N5O3. The fraction of sp³-hybridized carbons (Fsp3) is 0.591. The van der Waals surface area contributed by atoms with Crippen LogP contribution in [0.5, 0.6) is 5.88 Å². The van der Waals surface area contributed by atoms with Crippen LogP contribution in [0.15, 0.2) is 17.1 Å². The fourth-order valence-electron chi connectivity index (χ4n) is 3.80. The quantitative estimate of drug-likeness (QED) is 0.758. The van der Waals surface area contributed by atoms with Gasteiger partial charge in [-0.05, 0) is 43.7 Å². The lowest BCUT2D eigenvalue weighted by molar-refractivity contribution is 0.0944. The van der Waals surface area contributed by atoms with Crippen LogP contribution in [0.4, 0.5) is 0 Å². The summed E-state index contributed by atoms with van der Waals surface area (Å²) in [5, 5.41) is 18.1. The van der Waals surface area contributed by atoms with E-state index in [2.05, 4.69) is 49.2 Å². The van der Waals surface area contributed by atoms with Gasteiger partial charge in [0, 0.05) is 31.2 Å². The molecule has 162 valence electrons. The molecule has 8 nitrogen and oxygen atoms in total. The molecular weight excluding hydrogens is 382 g/mol. The summed E-state index contributed by atoms with van der Waals surface area (Å²) in [7, 11) is 2.07. The lowest BCUT2D eigenvalue weighted by Crippen LogP contribution is -2.37. The molecule has 1 amide bonds. The highest BCUT2D eigenvalue weighted by atomic mass is 16.3. The molecule has 0 radical (unpaired) electrons. The van der Waals surface area contributed by atoms with Crippen LogP contribution in [0.3, 0.4) is 0 Å². The lowest BCUT2D eigenvalue weighted by Gasteiger charge is -2.26. The van der Waals surface area contributed by atoms with Gasteiger partial charge in [0.25, 0.3) is 11.5 Å². The molecule has 0 saturated heterocycles. The van der Waals surface area contributed by atoms with Crippen LogP contribution < -0.4 is 10.9 Å². The summed E-state index contributed by atoms with van der Waals surface area (Å²) < 4.78 is 2.98. The van der Waals surface area contributed by atoms with Gasteiger partial charge in [-0.2, -0.15) is 9.61 Å². The summed E-state index contributed by atoms with van der Waals surface area (Å²) in [5.41, 5.74) is 1.66. The molecule has 0 atom stereocenters. The van der Waals surface area contributed by atoms with Crippen LogP contribution in [-0.4, -0.2) is 56.3 Å². The van der Waals surface area contributed by atoms with E-state index < -0.39 is 17.3 Å². The first-order chi connectivity index (χ1) is 14.2. The normalized spacial score (nSPS) is 17.9. The Bertz CT molecular complexity index is 1070. The first-order valence-electron chi connectivity index (χ1n) is 10.7. The number of nitrogens with one attached hydrogen (secondary N) is 1. The number of hydrogen-bond acceptors (Lipinski definition) is 5. The summed E-state index contributed by atoms with van der Waals surface area (Å²) in [6.07, 6.45) is 7.36. The van der Waals surface area contributed by atoms with Gasteiger partial charge in [0.05, 0.1) is 6.20 Å². The third-order valence-electron chi connectivity index (χ3n) is 6.32. The highest BCUT2D eigenvalue weighted by molar-refractivity contribution is 5.97. The lowest BCUT2D eigenvalue weighted by atomic mass is 9.90. The van der Waals surface area contributed by atoms with E-state index in [-0.39, 0.29) is 17.0 Å². The Hall–Kier alpha value is -2.61. The van der Waals surface area contributed by atoms with E-state index >= 15 is 0 Å². The van der Waals surface area contributed by atoms with Gasteiger partial charge in [-0.3, -0.25) is 14.2 Å². The van der Waals surface area contributed by atoms with Crippen molar-refractivity contribution in [3.8, 4) is 5.88 Å². The van der Waals surface area contributed by atoms with Crippen molar-refractivity contribution < 1.29 is 9.90 Å². The number of carbonyl (C=O) groups is 1. The van der Waals surface area contributed by atoms with E-state index in [0.29, 0.717) is 12.2 Å². The van der Waals surface area contributed by atoms with Gasteiger partial charge >= 0.3 is 0 Å². The molecule has 0 bridgehead atoms. The van der Waals surface area contributed by atoms with E-state index in [1.165, 1.54) is 4.52 Å². The molecule has 2 aromatic rings. The molecule has 3 heterocycles. The summed E-state index contributed by atoms with van der Waals surface area (Å²) in [4.78, 5) is 28.5. The Morgan fingerprint density at radius 2 is 2.10 bits per heavy atom. The summed E-state index contributed by atoms with van der Waals surface area (Å²) in [6, 6.07) is 0.0881. The van der Waals surface area contributed by atoms with Gasteiger partial charge in [-0.1, -0.05) is 26.8 Å². The zero-order chi connectivity index (χ0) is 21.6. The standard InChI is InChI=1S/C22H31N5O3/c1-5-22(2,3)13-26-19-16(14-8-10-25(4)11-9-14)12-23-27(19)21(30)17(20(26)29)18(28)24-15-6-7-15/h8,12,15,30H,5-7,9-11,13H2,1-4H3,(H,24,28). The number of amides is 1. The first-order valence-corrected chi connectivity index (χ1v) is 10.7. The highest BCUT2D eigenvalue weighted by Crippen LogP contribution is 2.31. The molecule has 0 spiro atoms. The Morgan fingerprint density at radius 3 is 2.70 bits per heavy atom. The van der Waals surface area contributed by atoms with Crippen LogP contribution in [0.25, 0.3) is 11.2 Å². The second kappa shape index (κ2) is 7.58. The van der Waals surface area contributed by atoms with Crippen molar-refractivity contribution in [2.24, 2.45) is 5.41 Å². The molecule has 0 unspecified atom stereocenters. The molecule has 1 saturated carbocycles. The number of fused-ring (bicyclic) bond motifs is 1. The summed E-state index contributed by atoms with van der Waals surface area (Å²) in [6.45, 7) is 8.45. The third-order valence-corrected chi connectivity index (χ3v) is 6.32. The molecule has 1 aliphatic carbocycles. The van der Waals surface area contributed by atoms with Crippen molar-refractivity contribution in [1.29, 1.82) is 0 Å². The number of likely N-dealkylation sites (N-methyl/N-ethyl adjacent to an activating group) is 1. The van der Waals surface area contributed by atoms with Gasteiger partial charge < -0.3 is 15.3 Å². The Balaban J connectivity index is 1.92. The van der Waals surface area contributed by atoms with Crippen molar-refractivity contribution in [2.75, 3.05) is 20.1 Å². The fourth-order valence-corrected chi connectivity index (χ4v) is 3.80. The van der Waals surface area contributed by atoms with Crippen LogP contribution >= 0.6 is 0 Å². The maximum absolute atomic E-state index is 13.5. The van der Waals surface area contributed by atoms with E-state index in [1.807, 2.05) is 0 Å². The topological polar surface area (TPSA) is 91.9 Å². The number of hydrogen-bond donors (Lipinski definition) is 2.